The largest absolute Gasteiger partial charge is 0.354 e. The first kappa shape index (κ1) is 21.7. The van der Waals surface area contributed by atoms with Gasteiger partial charge in [-0.05, 0) is 56.9 Å². The minimum absolute atomic E-state index is 0.0474. The van der Waals surface area contributed by atoms with Crippen molar-refractivity contribution in [2.45, 2.75) is 59.3 Å². The van der Waals surface area contributed by atoms with Crippen molar-refractivity contribution in [1.29, 1.82) is 0 Å². The molecule has 7 heteroatoms. The third-order valence-electron chi connectivity index (χ3n) is 5.68. The zero-order valence-electron chi connectivity index (χ0n) is 17.7. The fourth-order valence-corrected chi connectivity index (χ4v) is 4.19. The molecule has 6 nitrogen and oxygen atoms in total. The summed E-state index contributed by atoms with van der Waals surface area (Å²) in [6, 6.07) is 4.08. The number of hydrogen-bond donors (Lipinski definition) is 3. The number of nitrogens with one attached hydrogen (secondary N) is 3. The van der Waals surface area contributed by atoms with E-state index in [4.69, 9.17) is 0 Å². The van der Waals surface area contributed by atoms with Gasteiger partial charge in [0.25, 0.3) is 5.91 Å². The lowest BCUT2D eigenvalue weighted by molar-refractivity contribution is -0.120. The molecule has 30 heavy (non-hydrogen) atoms. The number of carbonyl (C=O) groups is 3. The van der Waals surface area contributed by atoms with Crippen LogP contribution in [0.25, 0.3) is 0 Å². The van der Waals surface area contributed by atoms with Crippen LogP contribution in [0, 0.1) is 18.7 Å². The van der Waals surface area contributed by atoms with Crippen LogP contribution in [-0.4, -0.2) is 22.6 Å². The molecule has 1 aromatic heterocycles. The molecule has 2 amide bonds. The van der Waals surface area contributed by atoms with Crippen molar-refractivity contribution < 1.29 is 18.8 Å². The van der Waals surface area contributed by atoms with Gasteiger partial charge in [0.2, 0.25) is 5.91 Å². The number of aromatic nitrogens is 1. The molecule has 0 radical (unpaired) electrons. The smallest absolute Gasteiger partial charge is 0.272 e. The zero-order valence-corrected chi connectivity index (χ0v) is 17.7. The van der Waals surface area contributed by atoms with Gasteiger partial charge in [-0.1, -0.05) is 26.2 Å². The topological polar surface area (TPSA) is 91.1 Å². The summed E-state index contributed by atoms with van der Waals surface area (Å²) in [6.07, 6.45) is 5.29. The van der Waals surface area contributed by atoms with E-state index >= 15 is 0 Å². The van der Waals surface area contributed by atoms with Crippen molar-refractivity contribution in [2.24, 2.45) is 5.92 Å². The highest BCUT2D eigenvalue weighted by atomic mass is 19.1. The maximum absolute atomic E-state index is 14.3. The van der Waals surface area contributed by atoms with Gasteiger partial charge in [-0.15, -0.1) is 0 Å². The number of amides is 2. The lowest BCUT2D eigenvalue weighted by Gasteiger charge is -2.21. The first-order chi connectivity index (χ1) is 14.3. The summed E-state index contributed by atoms with van der Waals surface area (Å²) in [5, 5.41) is 5.40. The van der Waals surface area contributed by atoms with Crippen LogP contribution < -0.4 is 10.6 Å². The summed E-state index contributed by atoms with van der Waals surface area (Å²) in [5.41, 5.74) is 2.55. The molecule has 1 fully saturated rings. The third kappa shape index (κ3) is 4.61. The van der Waals surface area contributed by atoms with Crippen LogP contribution in [0.2, 0.25) is 0 Å². The Morgan fingerprint density at radius 1 is 1.13 bits per heavy atom. The number of aromatic amines is 1. The summed E-state index contributed by atoms with van der Waals surface area (Å²) in [4.78, 5) is 40.2. The average Bonchev–Trinajstić information content (AvgIpc) is 3.07. The first-order valence-corrected chi connectivity index (χ1v) is 10.5. The molecule has 0 unspecified atom stereocenters. The molecule has 2 aromatic rings. The van der Waals surface area contributed by atoms with Gasteiger partial charge in [-0.3, -0.25) is 14.4 Å². The lowest BCUT2D eigenvalue weighted by Crippen LogP contribution is -2.25. The summed E-state index contributed by atoms with van der Waals surface area (Å²) < 4.78 is 14.3. The number of ketones is 1. The molecule has 1 aliphatic rings. The predicted molar refractivity (Wildman–Crippen MR) is 114 cm³/mol. The second-order valence-electron chi connectivity index (χ2n) is 7.86. The van der Waals surface area contributed by atoms with Gasteiger partial charge in [-0.2, -0.15) is 0 Å². The maximum atomic E-state index is 14.3. The number of rotatable bonds is 6. The van der Waals surface area contributed by atoms with Crippen LogP contribution in [0.15, 0.2) is 18.2 Å². The van der Waals surface area contributed by atoms with Crippen molar-refractivity contribution in [2.75, 3.05) is 10.6 Å². The van der Waals surface area contributed by atoms with Gasteiger partial charge in [0.1, 0.15) is 11.5 Å². The quantitative estimate of drug-likeness (QED) is 0.582. The van der Waals surface area contributed by atoms with Crippen LogP contribution in [0.1, 0.15) is 78.1 Å². The van der Waals surface area contributed by atoms with Crippen molar-refractivity contribution >= 4 is 29.0 Å². The highest BCUT2D eigenvalue weighted by Crippen LogP contribution is 2.27. The molecule has 0 atom stereocenters. The Balaban J connectivity index is 1.78. The van der Waals surface area contributed by atoms with E-state index in [0.717, 1.165) is 32.1 Å². The van der Waals surface area contributed by atoms with E-state index in [1.807, 2.05) is 6.92 Å². The molecule has 160 valence electrons. The van der Waals surface area contributed by atoms with Crippen molar-refractivity contribution in [3.05, 3.63) is 46.5 Å². The van der Waals surface area contributed by atoms with Crippen molar-refractivity contribution in [3.8, 4) is 0 Å². The zero-order chi connectivity index (χ0) is 21.8. The van der Waals surface area contributed by atoms with Gasteiger partial charge in [-0.25, -0.2) is 4.39 Å². The van der Waals surface area contributed by atoms with Gasteiger partial charge >= 0.3 is 0 Å². The van der Waals surface area contributed by atoms with Gasteiger partial charge in [0, 0.05) is 22.9 Å². The summed E-state index contributed by atoms with van der Waals surface area (Å²) >= 11 is 0. The number of anilines is 2. The Kier molecular flexibility index (Phi) is 6.70. The third-order valence-corrected chi connectivity index (χ3v) is 5.68. The van der Waals surface area contributed by atoms with Crippen LogP contribution in [0.4, 0.5) is 15.8 Å². The number of halogens is 1. The van der Waals surface area contributed by atoms with E-state index < -0.39 is 11.7 Å². The monoisotopic (exact) mass is 413 g/mol. The predicted octanol–water partition coefficient (Wildman–Crippen LogP) is 5.00. The summed E-state index contributed by atoms with van der Waals surface area (Å²) in [6.45, 7) is 5.10. The van der Waals surface area contributed by atoms with Crippen LogP contribution in [0.5, 0.6) is 0 Å². The molecule has 3 rings (SSSR count). The van der Waals surface area contributed by atoms with E-state index in [1.54, 1.807) is 6.92 Å². The SMILES string of the molecule is CCc1c(C(=O)Nc2ccc(F)c(NC(=O)C3CCCCC3)c2)[nH]c(C)c1C(C)=O. The molecule has 0 saturated heterocycles. The molecule has 1 aromatic carbocycles. The normalized spacial score (nSPS) is 14.4. The Labute approximate surface area is 175 Å². The lowest BCUT2D eigenvalue weighted by atomic mass is 9.88. The molecule has 0 bridgehead atoms. The van der Waals surface area contributed by atoms with E-state index in [2.05, 4.69) is 15.6 Å². The number of benzene rings is 1. The van der Waals surface area contributed by atoms with E-state index in [-0.39, 0.29) is 23.3 Å². The van der Waals surface area contributed by atoms with E-state index in [0.29, 0.717) is 34.6 Å². The highest BCUT2D eigenvalue weighted by Gasteiger charge is 2.23. The Morgan fingerprint density at radius 2 is 1.83 bits per heavy atom. The molecule has 0 aliphatic heterocycles. The van der Waals surface area contributed by atoms with Crippen molar-refractivity contribution in [1.82, 2.24) is 4.98 Å². The number of aryl methyl sites for hydroxylation is 1. The molecular formula is C23H28FN3O3. The van der Waals surface area contributed by atoms with Crippen molar-refractivity contribution in [3.63, 3.8) is 0 Å². The van der Waals surface area contributed by atoms with Crippen LogP contribution in [-0.2, 0) is 11.2 Å². The average molecular weight is 413 g/mol. The molecule has 3 N–H and O–H groups in total. The van der Waals surface area contributed by atoms with Gasteiger partial charge < -0.3 is 15.6 Å². The second kappa shape index (κ2) is 9.24. The molecule has 1 heterocycles. The second-order valence-corrected chi connectivity index (χ2v) is 7.86. The minimum atomic E-state index is -0.555. The highest BCUT2D eigenvalue weighted by molar-refractivity contribution is 6.08. The molecule has 1 saturated carbocycles. The Bertz CT molecular complexity index is 974. The summed E-state index contributed by atoms with van der Waals surface area (Å²) in [5.74, 6) is -1.36. The Hall–Kier alpha value is -2.96. The van der Waals surface area contributed by atoms with E-state index in [9.17, 15) is 18.8 Å². The van der Waals surface area contributed by atoms with Crippen LogP contribution in [0.3, 0.4) is 0 Å². The van der Waals surface area contributed by atoms with Gasteiger partial charge in [0.15, 0.2) is 5.78 Å². The number of H-pyrrole nitrogens is 1. The molecule has 1 aliphatic carbocycles. The van der Waals surface area contributed by atoms with Gasteiger partial charge in [0.05, 0.1) is 5.69 Å². The number of carbonyl (C=O) groups excluding carboxylic acids is 3. The number of Topliss-reactive ketones (excluding diaryl/α,β-unsaturated/α-hetero) is 1. The van der Waals surface area contributed by atoms with Crippen LogP contribution >= 0.6 is 0 Å². The Morgan fingerprint density at radius 3 is 2.47 bits per heavy atom. The molecular weight excluding hydrogens is 385 g/mol. The fourth-order valence-electron chi connectivity index (χ4n) is 4.19. The number of hydrogen-bond acceptors (Lipinski definition) is 3. The fraction of sp³-hybridized carbons (Fsp3) is 0.435. The summed E-state index contributed by atoms with van der Waals surface area (Å²) in [7, 11) is 0. The molecule has 0 spiro atoms. The standard InChI is InChI=1S/C23H28FN3O3/c1-4-17-20(14(3)28)13(2)25-21(17)23(30)26-16-10-11-18(24)19(12-16)27-22(29)15-8-6-5-7-9-15/h10-12,15,25H,4-9H2,1-3H3,(H,26,30)(H,27,29). The maximum Gasteiger partial charge on any atom is 0.272 e. The van der Waals surface area contributed by atoms with E-state index in [1.165, 1.54) is 25.1 Å². The first-order valence-electron chi connectivity index (χ1n) is 10.5. The minimum Gasteiger partial charge on any atom is -0.354 e.